The Morgan fingerprint density at radius 2 is 1.83 bits per heavy atom. The van der Waals surface area contributed by atoms with E-state index in [0.29, 0.717) is 44.6 Å². The lowest BCUT2D eigenvalue weighted by Gasteiger charge is -2.36. The number of anilines is 1. The van der Waals surface area contributed by atoms with Gasteiger partial charge < -0.3 is 9.80 Å². The Hall–Kier alpha value is -2.94. The van der Waals surface area contributed by atoms with E-state index in [4.69, 9.17) is 9.97 Å². The number of hydrogen-bond acceptors (Lipinski definition) is 5. The van der Waals surface area contributed by atoms with Gasteiger partial charge in [0, 0.05) is 49.8 Å². The van der Waals surface area contributed by atoms with Crippen molar-refractivity contribution in [1.82, 2.24) is 14.9 Å². The minimum atomic E-state index is -4.39. The molecule has 3 heterocycles. The lowest BCUT2D eigenvalue weighted by atomic mass is 9.99. The smallest absolute Gasteiger partial charge is 0.353 e. The molecule has 3 aromatic rings. The second-order valence-corrected chi connectivity index (χ2v) is 9.92. The molecule has 35 heavy (non-hydrogen) atoms. The first kappa shape index (κ1) is 25.2. The zero-order valence-corrected chi connectivity index (χ0v) is 20.9. The maximum Gasteiger partial charge on any atom is 0.416 e. The minimum Gasteiger partial charge on any atom is -0.353 e. The molecule has 0 bridgehead atoms. The molecule has 1 fully saturated rings. The Kier molecular flexibility index (Phi) is 7.44. The number of carbonyl (C=O) groups is 1. The van der Waals surface area contributed by atoms with E-state index in [1.54, 1.807) is 6.07 Å². The highest BCUT2D eigenvalue weighted by molar-refractivity contribution is 7.12. The number of hydrogen-bond donors (Lipinski definition) is 0. The Morgan fingerprint density at radius 1 is 1.09 bits per heavy atom. The van der Waals surface area contributed by atoms with Gasteiger partial charge >= 0.3 is 6.18 Å². The molecule has 0 aliphatic carbocycles. The van der Waals surface area contributed by atoms with Crippen molar-refractivity contribution in [3.05, 3.63) is 74.9 Å². The Balaban J connectivity index is 1.64. The number of carbonyl (C=O) groups excluding carboxylic acids is 1. The third-order valence-corrected chi connectivity index (χ3v) is 7.03. The van der Waals surface area contributed by atoms with Crippen molar-refractivity contribution in [2.45, 2.75) is 45.7 Å². The van der Waals surface area contributed by atoms with Crippen LogP contribution in [-0.4, -0.2) is 47.0 Å². The predicted octanol–water partition coefficient (Wildman–Crippen LogP) is 5.80. The van der Waals surface area contributed by atoms with Crippen molar-refractivity contribution in [3.63, 3.8) is 0 Å². The molecule has 4 rings (SSSR count). The number of alkyl halides is 3. The van der Waals surface area contributed by atoms with Gasteiger partial charge in [-0.25, -0.2) is 9.97 Å². The SMILES string of the molecule is CCc1nc(C(C)C)nc(N2CCN(C(=O)c3cccs3)CC2)c1Cc1cccc(C(F)(F)F)c1. The number of aryl methyl sites for hydroxylation is 1. The second-order valence-electron chi connectivity index (χ2n) is 8.97. The van der Waals surface area contributed by atoms with Crippen molar-refractivity contribution < 1.29 is 18.0 Å². The molecule has 5 nitrogen and oxygen atoms in total. The van der Waals surface area contributed by atoms with Crippen LogP contribution in [0.3, 0.4) is 0 Å². The summed E-state index contributed by atoms with van der Waals surface area (Å²) in [6.45, 7) is 8.38. The van der Waals surface area contributed by atoms with Crippen molar-refractivity contribution in [2.75, 3.05) is 31.1 Å². The molecule has 1 aliphatic heterocycles. The summed E-state index contributed by atoms with van der Waals surface area (Å²) in [6.07, 6.45) is -3.43. The Morgan fingerprint density at radius 3 is 2.43 bits per heavy atom. The van der Waals surface area contributed by atoms with E-state index in [2.05, 4.69) is 4.90 Å². The molecule has 0 atom stereocenters. The third kappa shape index (κ3) is 5.66. The van der Waals surface area contributed by atoms with Crippen LogP contribution in [0.5, 0.6) is 0 Å². The monoisotopic (exact) mass is 502 g/mol. The summed E-state index contributed by atoms with van der Waals surface area (Å²) in [5.74, 6) is 1.63. The summed E-state index contributed by atoms with van der Waals surface area (Å²) >= 11 is 1.43. The third-order valence-electron chi connectivity index (χ3n) is 6.17. The van der Waals surface area contributed by atoms with E-state index in [0.717, 1.165) is 33.8 Å². The Bertz CT molecular complexity index is 1170. The van der Waals surface area contributed by atoms with Crippen LogP contribution in [0.15, 0.2) is 41.8 Å². The first-order chi connectivity index (χ1) is 16.7. The average Bonchev–Trinajstić information content (AvgIpc) is 3.38. The molecule has 1 aliphatic rings. The van der Waals surface area contributed by atoms with Crippen LogP contribution in [0.1, 0.15) is 64.6 Å². The molecule has 186 valence electrons. The number of rotatable bonds is 6. The van der Waals surface area contributed by atoms with E-state index < -0.39 is 11.7 Å². The van der Waals surface area contributed by atoms with Gasteiger partial charge in [-0.05, 0) is 29.5 Å². The van der Waals surface area contributed by atoms with Gasteiger partial charge in [0.2, 0.25) is 0 Å². The fourth-order valence-corrected chi connectivity index (χ4v) is 4.96. The standard InChI is InChI=1S/C26H29F3N4OS/c1-4-21-20(16-18-7-5-8-19(15-18)26(27,28)29)24(31-23(30-21)17(2)3)32-10-12-33(13-11-32)25(34)22-9-6-14-35-22/h5-9,14-15,17H,4,10-13,16H2,1-3H3. The van der Waals surface area contributed by atoms with Crippen LogP contribution >= 0.6 is 11.3 Å². The van der Waals surface area contributed by atoms with Gasteiger partial charge in [-0.3, -0.25) is 4.79 Å². The van der Waals surface area contributed by atoms with Crippen molar-refractivity contribution in [1.29, 1.82) is 0 Å². The molecule has 1 aromatic carbocycles. The fraction of sp³-hybridized carbons (Fsp3) is 0.423. The molecule has 0 N–H and O–H groups in total. The molecule has 0 saturated carbocycles. The van der Waals surface area contributed by atoms with E-state index >= 15 is 0 Å². The molecule has 1 amide bonds. The van der Waals surface area contributed by atoms with Crippen LogP contribution in [0.4, 0.5) is 19.0 Å². The Labute approximate surface area is 207 Å². The summed E-state index contributed by atoms with van der Waals surface area (Å²) in [5.41, 5.74) is 1.63. The van der Waals surface area contributed by atoms with E-state index in [9.17, 15) is 18.0 Å². The highest BCUT2D eigenvalue weighted by Crippen LogP contribution is 2.32. The quantitative estimate of drug-likeness (QED) is 0.428. The molecule has 9 heteroatoms. The molecule has 0 unspecified atom stereocenters. The lowest BCUT2D eigenvalue weighted by Crippen LogP contribution is -2.49. The number of benzene rings is 1. The van der Waals surface area contributed by atoms with E-state index in [1.807, 2.05) is 43.2 Å². The average molecular weight is 503 g/mol. The first-order valence-electron chi connectivity index (χ1n) is 11.8. The van der Waals surface area contributed by atoms with E-state index in [1.165, 1.54) is 23.5 Å². The summed E-state index contributed by atoms with van der Waals surface area (Å²) in [7, 11) is 0. The van der Waals surface area contributed by atoms with Crippen molar-refractivity contribution >= 4 is 23.1 Å². The van der Waals surface area contributed by atoms with E-state index in [-0.39, 0.29) is 11.8 Å². The number of piperazine rings is 1. The summed E-state index contributed by atoms with van der Waals surface area (Å²) in [6, 6.07) is 9.16. The van der Waals surface area contributed by atoms with Gasteiger partial charge in [0.05, 0.1) is 10.4 Å². The van der Waals surface area contributed by atoms with Crippen LogP contribution in [0.25, 0.3) is 0 Å². The second kappa shape index (κ2) is 10.4. The summed E-state index contributed by atoms with van der Waals surface area (Å²) in [4.78, 5) is 27.1. The van der Waals surface area contributed by atoms with Crippen LogP contribution in [0.2, 0.25) is 0 Å². The number of amides is 1. The highest BCUT2D eigenvalue weighted by Gasteiger charge is 2.31. The van der Waals surface area contributed by atoms with Gasteiger partial charge in [0.25, 0.3) is 5.91 Å². The lowest BCUT2D eigenvalue weighted by molar-refractivity contribution is -0.137. The molecular formula is C26H29F3N4OS. The van der Waals surface area contributed by atoms with Gasteiger partial charge in [0.15, 0.2) is 0 Å². The number of halogens is 3. The molecule has 2 aromatic heterocycles. The summed E-state index contributed by atoms with van der Waals surface area (Å²) < 4.78 is 39.9. The molecular weight excluding hydrogens is 473 g/mol. The predicted molar refractivity (Wildman–Crippen MR) is 132 cm³/mol. The molecule has 0 spiro atoms. The van der Waals surface area contributed by atoms with Crippen molar-refractivity contribution in [2.24, 2.45) is 0 Å². The molecule has 1 saturated heterocycles. The molecule has 0 radical (unpaired) electrons. The van der Waals surface area contributed by atoms with Crippen LogP contribution < -0.4 is 4.90 Å². The number of thiophene rings is 1. The first-order valence-corrected chi connectivity index (χ1v) is 12.7. The maximum atomic E-state index is 13.3. The van der Waals surface area contributed by atoms with Gasteiger partial charge in [-0.1, -0.05) is 45.0 Å². The maximum absolute atomic E-state index is 13.3. The highest BCUT2D eigenvalue weighted by atomic mass is 32.1. The van der Waals surface area contributed by atoms with Gasteiger partial charge in [-0.2, -0.15) is 13.2 Å². The zero-order valence-electron chi connectivity index (χ0n) is 20.1. The summed E-state index contributed by atoms with van der Waals surface area (Å²) in [5, 5.41) is 1.89. The van der Waals surface area contributed by atoms with Gasteiger partial charge in [-0.15, -0.1) is 11.3 Å². The van der Waals surface area contributed by atoms with Crippen LogP contribution in [0, 0.1) is 0 Å². The topological polar surface area (TPSA) is 49.3 Å². The van der Waals surface area contributed by atoms with Crippen molar-refractivity contribution in [3.8, 4) is 0 Å². The fourth-order valence-electron chi connectivity index (χ4n) is 4.27. The van der Waals surface area contributed by atoms with Crippen LogP contribution in [-0.2, 0) is 19.0 Å². The number of aromatic nitrogens is 2. The largest absolute Gasteiger partial charge is 0.416 e. The number of nitrogens with zero attached hydrogens (tertiary/aromatic N) is 4. The van der Waals surface area contributed by atoms with Gasteiger partial charge in [0.1, 0.15) is 11.6 Å². The zero-order chi connectivity index (χ0) is 25.2. The minimum absolute atomic E-state index is 0.0312. The normalized spacial score (nSPS) is 14.6.